The molecule has 1 aliphatic heterocycles. The molecule has 0 radical (unpaired) electrons. The van der Waals surface area contributed by atoms with Crippen LogP contribution in [0.2, 0.25) is 0 Å². The van der Waals surface area contributed by atoms with E-state index in [0.717, 1.165) is 23.3 Å². The number of benzene rings is 2. The number of fused-ring (bicyclic) bond motifs is 1. The molecule has 0 bridgehead atoms. The normalized spacial score (nSPS) is 15.0. The van der Waals surface area contributed by atoms with Gasteiger partial charge in [0.15, 0.2) is 6.20 Å². The van der Waals surface area contributed by atoms with Crippen LogP contribution < -0.4 is 4.52 Å². The van der Waals surface area contributed by atoms with Crippen LogP contribution in [0.25, 0.3) is 27.9 Å². The van der Waals surface area contributed by atoms with E-state index < -0.39 is 0 Å². The lowest BCUT2D eigenvalue weighted by Crippen LogP contribution is -2.29. The smallest absolute Gasteiger partial charge is 0.299 e. The van der Waals surface area contributed by atoms with Gasteiger partial charge < -0.3 is 0 Å². The Hall–Kier alpha value is -2.63. The van der Waals surface area contributed by atoms with Gasteiger partial charge in [0.25, 0.3) is 0 Å². The molecule has 5 heteroatoms. The van der Waals surface area contributed by atoms with E-state index in [-0.39, 0.29) is 0 Å². The molecular weight excluding hydrogens is 388 g/mol. The molecule has 152 valence electrons. The second kappa shape index (κ2) is 8.62. The summed E-state index contributed by atoms with van der Waals surface area (Å²) in [4.78, 5) is 8.60. The summed E-state index contributed by atoms with van der Waals surface area (Å²) in [5, 5.41) is 3.34. The summed E-state index contributed by atoms with van der Waals surface area (Å²) in [5.74, 6) is 0. The topological polar surface area (TPSA) is 36.0 Å². The number of H-pyrrole nitrogens is 1. The Balaban J connectivity index is 1.39. The number of hydrogen-bond donors (Lipinski definition) is 1. The monoisotopic (exact) mass is 415 g/mol. The van der Waals surface area contributed by atoms with Gasteiger partial charge in [-0.2, -0.15) is 0 Å². The van der Waals surface area contributed by atoms with E-state index in [9.17, 15) is 0 Å². The molecule has 0 amide bonds. The number of thioether (sulfide) groups is 1. The number of nitrogens with one attached hydrogen (secondary N) is 1. The maximum Gasteiger partial charge on any atom is 0.355 e. The summed E-state index contributed by atoms with van der Waals surface area (Å²) >= 11 is 1.76. The summed E-state index contributed by atoms with van der Waals surface area (Å²) in [6, 6.07) is 17.5. The van der Waals surface area contributed by atoms with Crippen LogP contribution in [0.3, 0.4) is 0 Å². The van der Waals surface area contributed by atoms with Crippen LogP contribution in [0.15, 0.2) is 72.0 Å². The highest BCUT2D eigenvalue weighted by Gasteiger charge is 2.17. The molecule has 4 nitrogen and oxygen atoms in total. The van der Waals surface area contributed by atoms with E-state index in [1.807, 2.05) is 16.9 Å². The van der Waals surface area contributed by atoms with Gasteiger partial charge in [0.05, 0.1) is 17.3 Å². The Kier molecular flexibility index (Phi) is 5.56. The molecule has 1 N–H and O–H groups in total. The number of piperidine rings is 1. The first-order chi connectivity index (χ1) is 14.8. The quantitative estimate of drug-likeness (QED) is 0.360. The van der Waals surface area contributed by atoms with Gasteiger partial charge in [0, 0.05) is 11.4 Å². The highest BCUT2D eigenvalue weighted by atomic mass is 32.2. The van der Waals surface area contributed by atoms with Gasteiger partial charge in [-0.3, -0.25) is 4.90 Å². The minimum Gasteiger partial charge on any atom is -0.299 e. The Morgan fingerprint density at radius 3 is 2.63 bits per heavy atom. The second-order valence-corrected chi connectivity index (χ2v) is 8.87. The highest BCUT2D eigenvalue weighted by molar-refractivity contribution is 7.98. The molecule has 5 rings (SSSR count). The summed E-state index contributed by atoms with van der Waals surface area (Å²) < 4.78 is 2.01. The molecule has 0 unspecified atom stereocenters. The van der Waals surface area contributed by atoms with Crippen molar-refractivity contribution in [1.29, 1.82) is 0 Å². The first-order valence-corrected chi connectivity index (χ1v) is 11.9. The lowest BCUT2D eigenvalue weighted by molar-refractivity contribution is -0.578. The molecule has 1 aliphatic rings. The second-order valence-electron chi connectivity index (χ2n) is 7.99. The number of aromatic nitrogens is 3. The molecule has 0 atom stereocenters. The minimum absolute atomic E-state index is 0.943. The fourth-order valence-corrected chi connectivity index (χ4v) is 4.71. The average Bonchev–Trinajstić information content (AvgIpc) is 3.24. The molecule has 30 heavy (non-hydrogen) atoms. The van der Waals surface area contributed by atoms with Crippen molar-refractivity contribution in [2.24, 2.45) is 0 Å². The summed E-state index contributed by atoms with van der Waals surface area (Å²) in [6.07, 6.45) is 12.3. The number of likely N-dealkylation sites (tertiary alicyclic amines) is 1. The van der Waals surface area contributed by atoms with Crippen LogP contribution >= 0.6 is 11.8 Å². The third kappa shape index (κ3) is 4.00. The van der Waals surface area contributed by atoms with Crippen molar-refractivity contribution in [2.75, 3.05) is 19.3 Å². The lowest BCUT2D eigenvalue weighted by atomic mass is 10.1. The summed E-state index contributed by atoms with van der Waals surface area (Å²) in [5.41, 5.74) is 6.94. The Labute approximate surface area is 182 Å². The predicted octanol–water partition coefficient (Wildman–Crippen LogP) is 5.19. The van der Waals surface area contributed by atoms with Gasteiger partial charge in [-0.05, 0) is 66.0 Å². The molecule has 3 heterocycles. The molecule has 4 aromatic rings. The Morgan fingerprint density at radius 2 is 1.83 bits per heavy atom. The predicted molar refractivity (Wildman–Crippen MR) is 124 cm³/mol. The van der Waals surface area contributed by atoms with Crippen molar-refractivity contribution in [3.05, 3.63) is 72.7 Å². The number of rotatable bonds is 5. The van der Waals surface area contributed by atoms with E-state index in [4.69, 9.17) is 4.98 Å². The molecular formula is C25H27N4S+. The van der Waals surface area contributed by atoms with Gasteiger partial charge in [-0.1, -0.05) is 42.8 Å². The third-order valence-corrected chi connectivity index (χ3v) is 6.66. The zero-order valence-corrected chi connectivity index (χ0v) is 18.2. The van der Waals surface area contributed by atoms with E-state index >= 15 is 0 Å². The van der Waals surface area contributed by atoms with Crippen LogP contribution in [0.4, 0.5) is 0 Å². The van der Waals surface area contributed by atoms with Crippen molar-refractivity contribution in [2.45, 2.75) is 30.7 Å². The summed E-state index contributed by atoms with van der Waals surface area (Å²) in [7, 11) is 0. The summed E-state index contributed by atoms with van der Waals surface area (Å²) in [6.45, 7) is 3.52. The van der Waals surface area contributed by atoms with Crippen LogP contribution in [0.5, 0.6) is 0 Å². The van der Waals surface area contributed by atoms with Crippen molar-refractivity contribution in [3.8, 4) is 22.3 Å². The van der Waals surface area contributed by atoms with Gasteiger partial charge >= 0.3 is 5.65 Å². The van der Waals surface area contributed by atoms with Gasteiger partial charge in [-0.25, -0.2) is 5.10 Å². The zero-order valence-electron chi connectivity index (χ0n) is 17.3. The Morgan fingerprint density at radius 1 is 1.00 bits per heavy atom. The molecule has 2 aromatic carbocycles. The van der Waals surface area contributed by atoms with Crippen LogP contribution in [-0.4, -0.2) is 34.3 Å². The van der Waals surface area contributed by atoms with E-state index in [1.54, 1.807) is 11.8 Å². The van der Waals surface area contributed by atoms with Gasteiger partial charge in [0.1, 0.15) is 6.20 Å². The van der Waals surface area contributed by atoms with Crippen LogP contribution in [-0.2, 0) is 6.54 Å². The standard InChI is InChI=1S/C25H26N4S/c1-30-23-7-5-6-21(14-23)24-16-27-29-18-22(15-26-25(24)29)20-10-8-19(9-11-20)17-28-12-3-2-4-13-28/h5-11,14-16,18H,2-4,12-13,17H2,1H3/p+1. The highest BCUT2D eigenvalue weighted by Crippen LogP contribution is 2.26. The number of hydrogen-bond acceptors (Lipinski definition) is 3. The van der Waals surface area contributed by atoms with Crippen LogP contribution in [0, 0.1) is 0 Å². The first kappa shape index (κ1) is 19.3. The molecule has 0 aliphatic carbocycles. The van der Waals surface area contributed by atoms with Gasteiger partial charge in [-0.15, -0.1) is 16.3 Å². The minimum atomic E-state index is 0.943. The third-order valence-electron chi connectivity index (χ3n) is 5.93. The van der Waals surface area contributed by atoms with Crippen LogP contribution in [0.1, 0.15) is 24.8 Å². The van der Waals surface area contributed by atoms with E-state index in [2.05, 4.69) is 71.0 Å². The van der Waals surface area contributed by atoms with Crippen molar-refractivity contribution < 1.29 is 4.52 Å². The average molecular weight is 416 g/mol. The molecule has 1 saturated heterocycles. The lowest BCUT2D eigenvalue weighted by Gasteiger charge is -2.26. The number of aromatic amines is 1. The van der Waals surface area contributed by atoms with Crippen molar-refractivity contribution in [3.63, 3.8) is 0 Å². The SMILES string of the molecule is CSc1cccc(-c2c[nH][n+]3cc(-c4ccc(CN5CCCCC5)cc4)cnc23)c1. The Bertz CT molecular complexity index is 1140. The largest absolute Gasteiger partial charge is 0.355 e. The van der Waals surface area contributed by atoms with Crippen molar-refractivity contribution >= 4 is 17.4 Å². The molecule has 2 aromatic heterocycles. The fraction of sp³-hybridized carbons (Fsp3) is 0.280. The maximum absolute atomic E-state index is 4.78. The fourth-order valence-electron chi connectivity index (χ4n) is 4.25. The zero-order chi connectivity index (χ0) is 20.3. The molecule has 0 spiro atoms. The van der Waals surface area contributed by atoms with Gasteiger partial charge in [0.2, 0.25) is 0 Å². The first-order valence-electron chi connectivity index (χ1n) is 10.6. The van der Waals surface area contributed by atoms with Crippen molar-refractivity contribution in [1.82, 2.24) is 15.0 Å². The maximum atomic E-state index is 4.78. The molecule has 0 saturated carbocycles. The number of nitrogens with zero attached hydrogens (tertiary/aromatic N) is 3. The van der Waals surface area contributed by atoms with E-state index in [1.165, 1.54) is 53.9 Å². The molecule has 1 fully saturated rings. The van der Waals surface area contributed by atoms with E-state index in [0.29, 0.717) is 0 Å².